The Morgan fingerprint density at radius 1 is 1.31 bits per heavy atom. The summed E-state index contributed by atoms with van der Waals surface area (Å²) in [6, 6.07) is 7.88. The summed E-state index contributed by atoms with van der Waals surface area (Å²) >= 11 is 0. The van der Waals surface area contributed by atoms with Gasteiger partial charge in [0.05, 0.1) is 23.9 Å². The van der Waals surface area contributed by atoms with Crippen molar-refractivity contribution in [2.24, 2.45) is 7.05 Å². The van der Waals surface area contributed by atoms with Gasteiger partial charge in [-0.2, -0.15) is 5.10 Å². The first kappa shape index (κ1) is 16.2. The van der Waals surface area contributed by atoms with Crippen molar-refractivity contribution in [2.75, 3.05) is 12.8 Å². The number of nitrogen functional groups attached to an aromatic ring is 1. The first-order valence-corrected chi connectivity index (χ1v) is 8.40. The number of rotatable bonds is 2. The Morgan fingerprint density at radius 3 is 2.85 bits per heavy atom. The largest absolute Gasteiger partial charge is 0.465 e. The number of aryl methyl sites for hydroxylation is 1. The van der Waals surface area contributed by atoms with Gasteiger partial charge in [-0.05, 0) is 54.4 Å². The third kappa shape index (κ3) is 2.78. The van der Waals surface area contributed by atoms with E-state index in [4.69, 9.17) is 10.5 Å². The van der Waals surface area contributed by atoms with Crippen molar-refractivity contribution < 1.29 is 9.53 Å². The lowest BCUT2D eigenvalue weighted by Crippen LogP contribution is -2.08. The third-order valence-corrected chi connectivity index (χ3v) is 4.60. The van der Waals surface area contributed by atoms with E-state index in [1.54, 1.807) is 4.68 Å². The predicted octanol–water partition coefficient (Wildman–Crippen LogP) is 2.61. The lowest BCUT2D eigenvalue weighted by atomic mass is 10.1. The number of benzene rings is 1. The lowest BCUT2D eigenvalue weighted by molar-refractivity contribution is 0.0602. The van der Waals surface area contributed by atoms with E-state index < -0.39 is 5.97 Å². The molecule has 0 saturated heterocycles. The molecule has 0 spiro atoms. The van der Waals surface area contributed by atoms with Gasteiger partial charge in [-0.1, -0.05) is 6.07 Å². The number of hydrogen-bond donors (Lipinski definition) is 1. The number of esters is 1. The number of carbonyl (C=O) groups is 1. The molecule has 2 aromatic heterocycles. The van der Waals surface area contributed by atoms with Crippen LogP contribution in [0.4, 0.5) is 5.69 Å². The zero-order valence-corrected chi connectivity index (χ0v) is 14.6. The van der Waals surface area contributed by atoms with Crippen LogP contribution in [0.5, 0.6) is 0 Å². The Morgan fingerprint density at radius 2 is 2.12 bits per heavy atom. The molecule has 2 heterocycles. The molecule has 0 amide bonds. The molecule has 0 radical (unpaired) electrons. The molecule has 0 aliphatic heterocycles. The molecule has 4 rings (SSSR count). The van der Waals surface area contributed by atoms with Crippen LogP contribution in [0.3, 0.4) is 0 Å². The minimum Gasteiger partial charge on any atom is -0.465 e. The van der Waals surface area contributed by atoms with Gasteiger partial charge < -0.3 is 10.5 Å². The molecule has 6 heteroatoms. The van der Waals surface area contributed by atoms with Crippen molar-refractivity contribution in [3.63, 3.8) is 0 Å². The van der Waals surface area contributed by atoms with E-state index in [2.05, 4.69) is 34.1 Å². The second-order valence-corrected chi connectivity index (χ2v) is 6.39. The number of ether oxygens (including phenoxy) is 1. The molecule has 0 atom stereocenters. The fourth-order valence-corrected chi connectivity index (χ4v) is 3.01. The molecular formula is C20H18N4O2. The van der Waals surface area contributed by atoms with Gasteiger partial charge in [-0.3, -0.25) is 4.68 Å². The van der Waals surface area contributed by atoms with Crippen LogP contribution in [0, 0.1) is 11.8 Å². The van der Waals surface area contributed by atoms with Crippen molar-refractivity contribution in [3.8, 4) is 11.8 Å². The first-order valence-electron chi connectivity index (χ1n) is 8.40. The Kier molecular flexibility index (Phi) is 3.85. The SMILES string of the molecule is COC(=O)c1ccnc(C#Cc2c3cc(C4CC4)ccc3nn2C)c1N. The van der Waals surface area contributed by atoms with Crippen LogP contribution in [0.25, 0.3) is 10.9 Å². The van der Waals surface area contributed by atoms with Crippen LogP contribution in [-0.2, 0) is 11.8 Å². The Bertz CT molecular complexity index is 1080. The number of hydrogen-bond acceptors (Lipinski definition) is 5. The summed E-state index contributed by atoms with van der Waals surface area (Å²) in [4.78, 5) is 15.9. The average molecular weight is 346 g/mol. The van der Waals surface area contributed by atoms with Crippen LogP contribution in [0.15, 0.2) is 30.5 Å². The van der Waals surface area contributed by atoms with E-state index >= 15 is 0 Å². The highest BCUT2D eigenvalue weighted by Crippen LogP contribution is 2.41. The van der Waals surface area contributed by atoms with Crippen molar-refractivity contribution in [1.29, 1.82) is 0 Å². The Labute approximate surface area is 151 Å². The summed E-state index contributed by atoms with van der Waals surface area (Å²) < 4.78 is 6.49. The van der Waals surface area contributed by atoms with Crippen LogP contribution in [0.2, 0.25) is 0 Å². The highest BCUT2D eigenvalue weighted by molar-refractivity contribution is 5.96. The number of carbonyl (C=O) groups excluding carboxylic acids is 1. The van der Waals surface area contributed by atoms with Gasteiger partial charge in [0.15, 0.2) is 0 Å². The maximum absolute atomic E-state index is 11.8. The fourth-order valence-electron chi connectivity index (χ4n) is 3.01. The molecule has 130 valence electrons. The molecule has 6 nitrogen and oxygen atoms in total. The maximum Gasteiger partial charge on any atom is 0.340 e. The fraction of sp³-hybridized carbons (Fsp3) is 0.250. The van der Waals surface area contributed by atoms with Gasteiger partial charge in [0.25, 0.3) is 0 Å². The molecule has 26 heavy (non-hydrogen) atoms. The quantitative estimate of drug-likeness (QED) is 0.570. The van der Waals surface area contributed by atoms with Gasteiger partial charge in [0.2, 0.25) is 0 Å². The van der Waals surface area contributed by atoms with E-state index in [9.17, 15) is 4.79 Å². The molecule has 3 aromatic rings. The zero-order valence-electron chi connectivity index (χ0n) is 14.6. The Hall–Kier alpha value is -3.33. The minimum atomic E-state index is -0.506. The summed E-state index contributed by atoms with van der Waals surface area (Å²) in [5.74, 6) is 6.25. The lowest BCUT2D eigenvalue weighted by Gasteiger charge is -2.04. The van der Waals surface area contributed by atoms with E-state index in [1.165, 1.54) is 37.8 Å². The minimum absolute atomic E-state index is 0.219. The normalized spacial score (nSPS) is 13.3. The summed E-state index contributed by atoms with van der Waals surface area (Å²) in [5.41, 5.74) is 9.90. The molecule has 1 aliphatic carbocycles. The van der Waals surface area contributed by atoms with E-state index in [1.807, 2.05) is 13.1 Å². The predicted molar refractivity (Wildman–Crippen MR) is 98.7 cm³/mol. The monoisotopic (exact) mass is 346 g/mol. The van der Waals surface area contributed by atoms with Gasteiger partial charge in [-0.15, -0.1) is 0 Å². The van der Waals surface area contributed by atoms with Gasteiger partial charge in [0, 0.05) is 18.6 Å². The summed E-state index contributed by atoms with van der Waals surface area (Å²) in [7, 11) is 3.18. The average Bonchev–Trinajstić information content (AvgIpc) is 3.44. The van der Waals surface area contributed by atoms with E-state index in [-0.39, 0.29) is 11.3 Å². The number of nitrogens with two attached hydrogens (primary N) is 1. The van der Waals surface area contributed by atoms with Crippen molar-refractivity contribution in [3.05, 3.63) is 53.0 Å². The molecule has 1 aromatic carbocycles. The molecule has 0 unspecified atom stereocenters. The molecular weight excluding hydrogens is 328 g/mol. The number of anilines is 1. The zero-order chi connectivity index (χ0) is 18.3. The molecule has 1 saturated carbocycles. The van der Waals surface area contributed by atoms with E-state index in [0.717, 1.165) is 16.6 Å². The number of pyridine rings is 1. The highest BCUT2D eigenvalue weighted by Gasteiger charge is 2.24. The second-order valence-electron chi connectivity index (χ2n) is 6.39. The molecule has 1 fully saturated rings. The summed E-state index contributed by atoms with van der Waals surface area (Å²) in [5, 5.41) is 5.54. The van der Waals surface area contributed by atoms with Crippen molar-refractivity contribution in [2.45, 2.75) is 18.8 Å². The summed E-state index contributed by atoms with van der Waals surface area (Å²) in [6.45, 7) is 0. The van der Waals surface area contributed by atoms with Crippen LogP contribution in [-0.4, -0.2) is 27.8 Å². The number of methoxy groups -OCH3 is 1. The second kappa shape index (κ2) is 6.19. The van der Waals surface area contributed by atoms with Gasteiger partial charge in [0.1, 0.15) is 11.4 Å². The van der Waals surface area contributed by atoms with Crippen LogP contribution >= 0.6 is 0 Å². The highest BCUT2D eigenvalue weighted by atomic mass is 16.5. The third-order valence-electron chi connectivity index (χ3n) is 4.60. The number of fused-ring (bicyclic) bond motifs is 1. The van der Waals surface area contributed by atoms with Gasteiger partial charge in [-0.25, -0.2) is 9.78 Å². The maximum atomic E-state index is 11.8. The first-order chi connectivity index (χ1) is 12.6. The molecule has 0 bridgehead atoms. The van der Waals surface area contributed by atoms with Crippen molar-refractivity contribution >= 4 is 22.6 Å². The van der Waals surface area contributed by atoms with Crippen LogP contribution < -0.4 is 5.73 Å². The topological polar surface area (TPSA) is 83.0 Å². The standard InChI is InChI=1S/C20H18N4O2/c1-24-18(15-11-13(12-3-4-12)5-6-16(15)23-24)8-7-17-19(21)14(9-10-22-17)20(25)26-2/h5-6,9-12H,3-4,21H2,1-2H3. The smallest absolute Gasteiger partial charge is 0.340 e. The van der Waals surface area contributed by atoms with Gasteiger partial charge >= 0.3 is 5.97 Å². The van der Waals surface area contributed by atoms with Crippen molar-refractivity contribution in [1.82, 2.24) is 14.8 Å². The molecule has 2 N–H and O–H groups in total. The number of aromatic nitrogens is 3. The van der Waals surface area contributed by atoms with E-state index in [0.29, 0.717) is 11.6 Å². The van der Waals surface area contributed by atoms with Crippen LogP contribution in [0.1, 0.15) is 46.1 Å². The summed E-state index contributed by atoms with van der Waals surface area (Å²) in [6.07, 6.45) is 3.99. The number of nitrogens with zero attached hydrogens (tertiary/aromatic N) is 3. The molecule has 1 aliphatic rings. The Balaban J connectivity index is 1.78.